The molecule has 9 heteroatoms. The van der Waals surface area contributed by atoms with E-state index in [1.807, 2.05) is 20.8 Å². The summed E-state index contributed by atoms with van der Waals surface area (Å²) in [6.45, 7) is 12.8. The van der Waals surface area contributed by atoms with Crippen molar-refractivity contribution in [3.63, 3.8) is 0 Å². The van der Waals surface area contributed by atoms with Crippen LogP contribution in [-0.4, -0.2) is 70.9 Å². The minimum Gasteiger partial charge on any atom is -0.468 e. The molecule has 0 amide bonds. The molecule has 0 aromatic heterocycles. The van der Waals surface area contributed by atoms with E-state index in [0.717, 1.165) is 12.0 Å². The zero-order valence-corrected chi connectivity index (χ0v) is 25.2. The van der Waals surface area contributed by atoms with E-state index in [2.05, 4.69) is 6.58 Å². The first-order valence-electron chi connectivity index (χ1n) is 14.9. The maximum absolute atomic E-state index is 14.2. The van der Waals surface area contributed by atoms with E-state index < -0.39 is 80.7 Å². The minimum absolute atomic E-state index is 0.251. The summed E-state index contributed by atoms with van der Waals surface area (Å²) in [5, 5.41) is 36.7. The zero-order chi connectivity index (χ0) is 30.4. The number of methoxy groups -OCH3 is 1. The van der Waals surface area contributed by atoms with E-state index in [0.29, 0.717) is 25.7 Å². The molecule has 0 spiro atoms. The number of ether oxygens (including phenoxy) is 3. The molecular weight excluding hydrogens is 528 g/mol. The Hall–Kier alpha value is -2.23. The van der Waals surface area contributed by atoms with Gasteiger partial charge in [-0.25, -0.2) is 4.79 Å². The summed E-state index contributed by atoms with van der Waals surface area (Å²) in [6.07, 6.45) is 2.88. The largest absolute Gasteiger partial charge is 0.468 e. The maximum atomic E-state index is 14.2. The van der Waals surface area contributed by atoms with Crippen LogP contribution in [0, 0.1) is 38.9 Å². The molecule has 41 heavy (non-hydrogen) atoms. The summed E-state index contributed by atoms with van der Waals surface area (Å²) in [5.74, 6) is -2.97. The lowest BCUT2D eigenvalue weighted by Gasteiger charge is -2.75. The normalized spacial score (nSPS) is 49.7. The van der Waals surface area contributed by atoms with E-state index in [1.54, 1.807) is 13.0 Å². The first-order chi connectivity index (χ1) is 19.0. The van der Waals surface area contributed by atoms with Gasteiger partial charge in [-0.3, -0.25) is 9.59 Å². The second-order valence-electron chi connectivity index (χ2n) is 14.4. The molecule has 1 aliphatic heterocycles. The molecule has 228 valence electrons. The summed E-state index contributed by atoms with van der Waals surface area (Å²) in [7, 11) is 1.34. The van der Waals surface area contributed by atoms with Gasteiger partial charge in [0, 0.05) is 18.9 Å². The van der Waals surface area contributed by atoms with Gasteiger partial charge in [0.25, 0.3) is 0 Å². The fourth-order valence-corrected chi connectivity index (χ4v) is 10.8. The van der Waals surface area contributed by atoms with Crippen LogP contribution < -0.4 is 0 Å². The standard InChI is InChI=1S/C32H46O9/c1-18-10-11-27(4)12-14-29(6)24-23(36)25(41-20(3)34)30(19(2)33)17-40-22(35)9-8-21(30)28(24,5)13-15-31(29,26(37)39-7)32(27,38)16-18/h8-9,19,21,23-25,33,36,38H,1,10-17H2,2-7H3/t19-,21-,23-,24-,25-,27+,28-,29+,30+,31-,32-/m0/s1. The highest BCUT2D eigenvalue weighted by atomic mass is 16.6. The average Bonchev–Trinajstić information content (AvgIpc) is 3.07. The van der Waals surface area contributed by atoms with E-state index in [4.69, 9.17) is 14.2 Å². The molecule has 11 atom stereocenters. The highest BCUT2D eigenvalue weighted by Crippen LogP contribution is 2.78. The summed E-state index contributed by atoms with van der Waals surface area (Å²) in [5.41, 5.74) is -5.68. The molecule has 0 aromatic rings. The Morgan fingerprint density at radius 2 is 1.83 bits per heavy atom. The number of cyclic esters (lactones) is 1. The van der Waals surface area contributed by atoms with Crippen molar-refractivity contribution in [2.75, 3.05) is 13.7 Å². The van der Waals surface area contributed by atoms with Crippen molar-refractivity contribution >= 4 is 17.9 Å². The van der Waals surface area contributed by atoms with Gasteiger partial charge in [0.05, 0.1) is 30.3 Å². The third kappa shape index (κ3) is 3.54. The Balaban J connectivity index is 1.79. The number of fused-ring (bicyclic) bond motifs is 7. The molecule has 5 aliphatic rings. The first kappa shape index (κ1) is 30.2. The average molecular weight is 575 g/mol. The van der Waals surface area contributed by atoms with Crippen LogP contribution in [0.2, 0.25) is 0 Å². The smallest absolute Gasteiger partial charge is 0.330 e. The SMILES string of the molecule is C=C1CC[C@]2(C)CC[C@]3(C)[C@H]4[C@H](O)[C@H](OC(C)=O)[C@@]5([C@H](C)O)COC(=O)C=C[C@H]5[C@]4(C)CC[C@@]3(C(=O)OC)[C@]2(O)C1. The van der Waals surface area contributed by atoms with Crippen molar-refractivity contribution in [3.05, 3.63) is 24.3 Å². The predicted octanol–water partition coefficient (Wildman–Crippen LogP) is 3.24. The molecule has 3 N–H and O–H groups in total. The second kappa shape index (κ2) is 9.38. The molecule has 0 radical (unpaired) electrons. The molecule has 0 saturated heterocycles. The Morgan fingerprint density at radius 3 is 2.44 bits per heavy atom. The Bertz CT molecular complexity index is 1190. The predicted molar refractivity (Wildman–Crippen MR) is 148 cm³/mol. The fourth-order valence-electron chi connectivity index (χ4n) is 10.8. The molecule has 9 nitrogen and oxygen atoms in total. The molecular formula is C32H46O9. The monoisotopic (exact) mass is 574 g/mol. The van der Waals surface area contributed by atoms with Gasteiger partial charge in [0.15, 0.2) is 0 Å². The van der Waals surface area contributed by atoms with Gasteiger partial charge in [0.2, 0.25) is 0 Å². The number of aliphatic hydroxyl groups excluding tert-OH is 2. The van der Waals surface area contributed by atoms with E-state index >= 15 is 0 Å². The van der Waals surface area contributed by atoms with E-state index in [1.165, 1.54) is 20.1 Å². The number of hydrogen-bond acceptors (Lipinski definition) is 9. The molecule has 0 unspecified atom stereocenters. The van der Waals surface area contributed by atoms with Gasteiger partial charge >= 0.3 is 17.9 Å². The maximum Gasteiger partial charge on any atom is 0.330 e. The van der Waals surface area contributed by atoms with Crippen molar-refractivity contribution in [1.29, 1.82) is 0 Å². The molecule has 0 bridgehead atoms. The quantitative estimate of drug-likeness (QED) is 0.263. The molecule has 4 aliphatic carbocycles. The van der Waals surface area contributed by atoms with Crippen molar-refractivity contribution in [2.24, 2.45) is 38.9 Å². The third-order valence-electron chi connectivity index (χ3n) is 12.8. The molecule has 1 heterocycles. The van der Waals surface area contributed by atoms with Crippen molar-refractivity contribution < 1.29 is 43.9 Å². The third-order valence-corrected chi connectivity index (χ3v) is 12.8. The Morgan fingerprint density at radius 1 is 1.15 bits per heavy atom. The summed E-state index contributed by atoms with van der Waals surface area (Å²) < 4.78 is 16.9. The fraction of sp³-hybridized carbons (Fsp3) is 0.781. The van der Waals surface area contributed by atoms with Gasteiger partial charge in [0.1, 0.15) is 18.1 Å². The lowest BCUT2D eigenvalue weighted by atomic mass is 9.29. The van der Waals surface area contributed by atoms with Gasteiger partial charge < -0.3 is 29.5 Å². The van der Waals surface area contributed by atoms with Crippen LogP contribution in [-0.2, 0) is 28.6 Å². The van der Waals surface area contributed by atoms with Crippen molar-refractivity contribution in [3.8, 4) is 0 Å². The topological polar surface area (TPSA) is 140 Å². The van der Waals surface area contributed by atoms with Crippen molar-refractivity contribution in [2.45, 2.75) is 103 Å². The molecule has 0 aromatic carbocycles. The van der Waals surface area contributed by atoms with Crippen LogP contribution >= 0.6 is 0 Å². The lowest BCUT2D eigenvalue weighted by Crippen LogP contribution is -2.80. The lowest BCUT2D eigenvalue weighted by molar-refractivity contribution is -0.337. The number of esters is 3. The molecule has 4 saturated carbocycles. The van der Waals surface area contributed by atoms with Crippen molar-refractivity contribution in [1.82, 2.24) is 0 Å². The van der Waals surface area contributed by atoms with Gasteiger partial charge in [-0.15, -0.1) is 0 Å². The molecule has 5 rings (SSSR count). The number of allylic oxidation sites excluding steroid dienone is 1. The number of aliphatic hydroxyl groups is 3. The Kier molecular flexibility index (Phi) is 6.92. The second-order valence-corrected chi connectivity index (χ2v) is 14.4. The van der Waals surface area contributed by atoms with Gasteiger partial charge in [-0.2, -0.15) is 0 Å². The Labute approximate surface area is 242 Å². The van der Waals surface area contributed by atoms with Crippen LogP contribution in [0.4, 0.5) is 0 Å². The van der Waals surface area contributed by atoms with Crippen LogP contribution in [0.1, 0.15) is 79.6 Å². The number of carbonyl (C=O) groups excluding carboxylic acids is 3. The summed E-state index contributed by atoms with van der Waals surface area (Å²) >= 11 is 0. The van der Waals surface area contributed by atoms with Gasteiger partial charge in [-0.05, 0) is 74.0 Å². The van der Waals surface area contributed by atoms with Crippen LogP contribution in [0.15, 0.2) is 24.3 Å². The summed E-state index contributed by atoms with van der Waals surface area (Å²) in [6, 6.07) is 0. The van der Waals surface area contributed by atoms with Crippen LogP contribution in [0.5, 0.6) is 0 Å². The van der Waals surface area contributed by atoms with Gasteiger partial charge in [-0.1, -0.05) is 39.0 Å². The summed E-state index contributed by atoms with van der Waals surface area (Å²) in [4.78, 5) is 39.3. The van der Waals surface area contributed by atoms with E-state index in [9.17, 15) is 29.7 Å². The zero-order valence-electron chi connectivity index (χ0n) is 25.2. The highest BCUT2D eigenvalue weighted by molar-refractivity contribution is 5.83. The number of carbonyl (C=O) groups is 3. The number of rotatable bonds is 3. The molecule has 4 fully saturated rings. The van der Waals surface area contributed by atoms with Crippen LogP contribution in [0.25, 0.3) is 0 Å². The minimum atomic E-state index is -1.48. The first-order valence-corrected chi connectivity index (χ1v) is 14.9. The highest BCUT2D eigenvalue weighted by Gasteiger charge is 2.82. The van der Waals surface area contributed by atoms with E-state index in [-0.39, 0.29) is 19.4 Å². The number of hydrogen-bond donors (Lipinski definition) is 3. The van der Waals surface area contributed by atoms with Crippen LogP contribution in [0.3, 0.4) is 0 Å².